The molecule has 0 fully saturated rings. The van der Waals surface area contributed by atoms with Crippen molar-refractivity contribution in [1.82, 2.24) is 0 Å². The molecule has 0 saturated carbocycles. The number of hydrogen-bond donors (Lipinski definition) is 2. The minimum absolute atomic E-state index is 0.110. The van der Waals surface area contributed by atoms with Gasteiger partial charge in [0, 0.05) is 0 Å². The van der Waals surface area contributed by atoms with Crippen LogP contribution in [-0.2, 0) is 0 Å². The first-order valence-corrected chi connectivity index (χ1v) is 7.69. The van der Waals surface area contributed by atoms with Gasteiger partial charge in [-0.3, -0.25) is 0 Å². The van der Waals surface area contributed by atoms with Gasteiger partial charge in [0.1, 0.15) is 0 Å². The molecule has 7 heteroatoms. The Morgan fingerprint density at radius 2 is 1.21 bits per heavy atom. The second-order valence-electron chi connectivity index (χ2n) is 3.51. The molecule has 0 atom stereocenters. The van der Waals surface area contributed by atoms with Crippen LogP contribution in [0.25, 0.3) is 0 Å². The van der Waals surface area contributed by atoms with E-state index in [1.165, 1.54) is 0 Å². The Morgan fingerprint density at radius 1 is 0.789 bits per heavy atom. The molecule has 4 nitrogen and oxygen atoms in total. The summed E-state index contributed by atoms with van der Waals surface area (Å²) in [6, 6.07) is 9.93. The van der Waals surface area contributed by atoms with Crippen molar-refractivity contribution < 1.29 is 19.1 Å². The Labute approximate surface area is 123 Å². The molecule has 2 aromatic carbocycles. The second-order valence-corrected chi connectivity index (χ2v) is 6.06. The van der Waals surface area contributed by atoms with E-state index in [-0.39, 0.29) is 26.5 Å². The Hall–Kier alpha value is -1.41. The third kappa shape index (κ3) is 2.95. The molecule has 2 N–H and O–H groups in total. The van der Waals surface area contributed by atoms with Crippen molar-refractivity contribution >= 4 is 44.9 Å². The molecule has 0 aliphatic carbocycles. The summed E-state index contributed by atoms with van der Waals surface area (Å²) in [7, 11) is 5.91. The van der Waals surface area contributed by atoms with E-state index in [4.69, 9.17) is 8.85 Å². The van der Waals surface area contributed by atoms with E-state index in [0.29, 0.717) is 20.4 Å². The first kappa shape index (κ1) is 14.0. The zero-order chi connectivity index (χ0) is 13.8. The van der Waals surface area contributed by atoms with Gasteiger partial charge in [0.15, 0.2) is 0 Å². The number of hydrogen-bond acceptors (Lipinski definition) is 4. The zero-order valence-electron chi connectivity index (χ0n) is 9.58. The average molecular weight is 351 g/mol. The van der Waals surface area contributed by atoms with E-state index < -0.39 is 0 Å². The molecule has 2 rings (SSSR count). The maximum atomic E-state index is 9.92. The van der Waals surface area contributed by atoms with Crippen molar-refractivity contribution in [3.63, 3.8) is 0 Å². The Balaban J connectivity index is 2.47. The van der Waals surface area contributed by atoms with E-state index in [2.05, 4.69) is 21.0 Å². The van der Waals surface area contributed by atoms with Gasteiger partial charge >= 0.3 is 123 Å². The van der Waals surface area contributed by atoms with Crippen LogP contribution in [-0.4, -0.2) is 46.1 Å². The fourth-order valence-corrected chi connectivity index (χ4v) is 4.18. The second kappa shape index (κ2) is 6.16. The molecule has 6 radical (unpaired) electrons. The maximum absolute atomic E-state index is 9.92. The van der Waals surface area contributed by atoms with Crippen LogP contribution in [0.2, 0.25) is 0 Å². The van der Waals surface area contributed by atoms with Gasteiger partial charge in [-0.05, 0) is 0 Å². The van der Waals surface area contributed by atoms with E-state index >= 15 is 0 Å². The molecule has 0 aliphatic heterocycles. The number of benzene rings is 2. The van der Waals surface area contributed by atoms with Gasteiger partial charge in [-0.1, -0.05) is 0 Å². The van der Waals surface area contributed by atoms with Gasteiger partial charge in [0.2, 0.25) is 0 Å². The Bertz CT molecular complexity index is 540. The minimum atomic E-state index is -0.388. The normalized spacial score (nSPS) is 10.2. The predicted molar refractivity (Wildman–Crippen MR) is 74.0 cm³/mol. The van der Waals surface area contributed by atoms with Crippen molar-refractivity contribution in [2.45, 2.75) is 0 Å². The molecule has 2 aromatic rings. The van der Waals surface area contributed by atoms with Crippen molar-refractivity contribution in [3.05, 3.63) is 36.4 Å². The predicted octanol–water partition coefficient (Wildman–Crippen LogP) is -0.323. The van der Waals surface area contributed by atoms with Gasteiger partial charge in [0.05, 0.1) is 0 Å². The standard InChI is InChI=1S/C12H8O4SeSi2/c13-7-3-1-5-9(15-18)11(7)17-12-8(14)4-2-6-10(12)16-19/h1-6,13-14H. The molecular weight excluding hydrogens is 343 g/mol. The van der Waals surface area contributed by atoms with Crippen LogP contribution in [0.15, 0.2) is 36.4 Å². The molecule has 0 heterocycles. The summed E-state index contributed by atoms with van der Waals surface area (Å²) in [5.41, 5.74) is 0. The summed E-state index contributed by atoms with van der Waals surface area (Å²) < 4.78 is 11.3. The van der Waals surface area contributed by atoms with Crippen molar-refractivity contribution in [2.75, 3.05) is 0 Å². The van der Waals surface area contributed by atoms with Crippen LogP contribution < -0.4 is 17.8 Å². The van der Waals surface area contributed by atoms with Crippen molar-refractivity contribution in [2.24, 2.45) is 0 Å². The third-order valence-electron chi connectivity index (χ3n) is 2.34. The van der Waals surface area contributed by atoms with Gasteiger partial charge in [0.25, 0.3) is 0 Å². The van der Waals surface area contributed by atoms with Gasteiger partial charge in [-0.2, -0.15) is 0 Å². The van der Waals surface area contributed by atoms with Crippen LogP contribution in [0.1, 0.15) is 0 Å². The monoisotopic (exact) mass is 352 g/mol. The molecule has 0 spiro atoms. The summed E-state index contributed by atoms with van der Waals surface area (Å²) >= 11 is -0.388. The van der Waals surface area contributed by atoms with Crippen LogP contribution >= 0.6 is 0 Å². The van der Waals surface area contributed by atoms with Crippen LogP contribution in [0.3, 0.4) is 0 Å². The Kier molecular flexibility index (Phi) is 4.54. The molecule has 0 unspecified atom stereocenters. The summed E-state index contributed by atoms with van der Waals surface area (Å²) in [6.45, 7) is 0. The molecule has 0 aromatic heterocycles. The summed E-state index contributed by atoms with van der Waals surface area (Å²) in [5, 5.41) is 19.8. The SMILES string of the molecule is Oc1cccc(O[Si])c1[Se]c1c(O)cccc1O[Si]. The topological polar surface area (TPSA) is 58.9 Å². The third-order valence-corrected chi connectivity index (χ3v) is 5.36. The quantitative estimate of drug-likeness (QED) is 0.742. The summed E-state index contributed by atoms with van der Waals surface area (Å²) in [4.78, 5) is 0. The van der Waals surface area contributed by atoms with Crippen molar-refractivity contribution in [1.29, 1.82) is 0 Å². The molecular formula is C12H8O4SeSi2. The molecule has 0 amide bonds. The average Bonchev–Trinajstić information content (AvgIpc) is 2.42. The molecule has 0 aliphatic rings. The first-order valence-electron chi connectivity index (χ1n) is 5.16. The Morgan fingerprint density at radius 3 is 1.58 bits per heavy atom. The van der Waals surface area contributed by atoms with Gasteiger partial charge in [-0.15, -0.1) is 0 Å². The molecule has 0 bridgehead atoms. The number of rotatable bonds is 4. The van der Waals surface area contributed by atoms with E-state index in [1.807, 2.05) is 0 Å². The van der Waals surface area contributed by atoms with Gasteiger partial charge in [-0.25, -0.2) is 0 Å². The fraction of sp³-hybridized carbons (Fsp3) is 0. The van der Waals surface area contributed by atoms with Crippen LogP contribution in [0.5, 0.6) is 23.0 Å². The fourth-order valence-electron chi connectivity index (χ4n) is 1.48. The summed E-state index contributed by atoms with van der Waals surface area (Å²) in [5.74, 6) is 1.22. The van der Waals surface area contributed by atoms with Crippen molar-refractivity contribution in [3.8, 4) is 23.0 Å². The van der Waals surface area contributed by atoms with Crippen LogP contribution in [0, 0.1) is 0 Å². The molecule has 94 valence electrons. The van der Waals surface area contributed by atoms with E-state index in [0.717, 1.165) is 0 Å². The summed E-state index contributed by atoms with van der Waals surface area (Å²) in [6.07, 6.45) is 0. The number of phenols is 2. The first-order chi connectivity index (χ1) is 9.17. The molecule has 19 heavy (non-hydrogen) atoms. The van der Waals surface area contributed by atoms with E-state index in [9.17, 15) is 10.2 Å². The van der Waals surface area contributed by atoms with E-state index in [1.54, 1.807) is 36.4 Å². The number of aromatic hydroxyl groups is 2. The van der Waals surface area contributed by atoms with Crippen LogP contribution in [0.4, 0.5) is 0 Å². The van der Waals surface area contributed by atoms with Gasteiger partial charge < -0.3 is 0 Å². The number of phenolic OH excluding ortho intramolecular Hbond substituents is 2. The zero-order valence-corrected chi connectivity index (χ0v) is 13.3. The molecule has 0 saturated heterocycles.